The minimum atomic E-state index is -4.58. The molecule has 0 aliphatic carbocycles. The topological polar surface area (TPSA) is 51.0 Å². The van der Waals surface area contributed by atoms with Crippen LogP contribution in [-0.2, 0) is 25.6 Å². The summed E-state index contributed by atoms with van der Waals surface area (Å²) in [5.41, 5.74) is 2.47. The van der Waals surface area contributed by atoms with E-state index in [0.717, 1.165) is 22.8 Å². The van der Waals surface area contributed by atoms with Crippen molar-refractivity contribution >= 4 is 23.2 Å². The molecule has 0 spiro atoms. The molecular formula is C25H18ClF3N4O. The molecule has 0 atom stereocenters. The number of anilines is 1. The number of hydrogen-bond acceptors (Lipinski definition) is 3. The van der Waals surface area contributed by atoms with Crippen molar-refractivity contribution in [3.05, 3.63) is 89.2 Å². The average molecular weight is 483 g/mol. The number of fused-ring (bicyclic) bond motifs is 1. The quantitative estimate of drug-likeness (QED) is 0.332. The summed E-state index contributed by atoms with van der Waals surface area (Å²) >= 11 is 5.81. The van der Waals surface area contributed by atoms with Crippen LogP contribution < -0.4 is 4.90 Å². The molecule has 0 fully saturated rings. The van der Waals surface area contributed by atoms with Crippen LogP contribution in [0.5, 0.6) is 0 Å². The fraction of sp³-hybridized carbons (Fsp3) is 0.160. The molecule has 0 saturated carbocycles. The summed E-state index contributed by atoms with van der Waals surface area (Å²) in [4.78, 5) is 14.6. The molecule has 0 N–H and O–H groups in total. The van der Waals surface area contributed by atoms with Gasteiger partial charge in [-0.05, 0) is 46.5 Å². The highest BCUT2D eigenvalue weighted by atomic mass is 35.5. The van der Waals surface area contributed by atoms with Crippen LogP contribution in [0.15, 0.2) is 67.0 Å². The van der Waals surface area contributed by atoms with Crippen LogP contribution >= 0.6 is 11.6 Å². The van der Waals surface area contributed by atoms with Crippen molar-refractivity contribution in [3.8, 4) is 22.5 Å². The van der Waals surface area contributed by atoms with Gasteiger partial charge < -0.3 is 9.47 Å². The smallest absolute Gasteiger partial charge is 0.317 e. The molecule has 5 nitrogen and oxygen atoms in total. The second-order valence-corrected chi connectivity index (χ2v) is 8.32. The average Bonchev–Trinajstić information content (AvgIpc) is 3.41. The molecule has 34 heavy (non-hydrogen) atoms. The number of hydrogen-bond donors (Lipinski definition) is 0. The van der Waals surface area contributed by atoms with Gasteiger partial charge in [0.15, 0.2) is 5.82 Å². The Morgan fingerprint density at radius 2 is 1.76 bits per heavy atom. The molecule has 1 amide bonds. The van der Waals surface area contributed by atoms with Gasteiger partial charge in [-0.2, -0.15) is 13.2 Å². The van der Waals surface area contributed by atoms with Crippen LogP contribution in [0, 0.1) is 0 Å². The number of halogens is 4. The predicted octanol–water partition coefficient (Wildman–Crippen LogP) is 6.07. The summed E-state index contributed by atoms with van der Waals surface area (Å²) in [6.45, 7) is -0.167. The third-order valence-corrected chi connectivity index (χ3v) is 6.22. The van der Waals surface area contributed by atoms with Gasteiger partial charge in [0.1, 0.15) is 6.33 Å². The summed E-state index contributed by atoms with van der Waals surface area (Å²) in [6, 6.07) is 17.3. The lowest BCUT2D eigenvalue weighted by Crippen LogP contribution is -2.23. The first-order chi connectivity index (χ1) is 16.3. The summed E-state index contributed by atoms with van der Waals surface area (Å²) < 4.78 is 43.0. The number of aromatic nitrogens is 3. The zero-order valence-electron chi connectivity index (χ0n) is 18.0. The predicted molar refractivity (Wildman–Crippen MR) is 123 cm³/mol. The normalized spacial score (nSPS) is 13.4. The molecule has 4 aromatic rings. The zero-order chi connectivity index (χ0) is 24.0. The van der Waals surface area contributed by atoms with Crippen molar-refractivity contribution in [1.29, 1.82) is 0 Å². The molecule has 3 aromatic carbocycles. The summed E-state index contributed by atoms with van der Waals surface area (Å²) in [6.07, 6.45) is -2.98. The van der Waals surface area contributed by atoms with Crippen molar-refractivity contribution in [2.45, 2.75) is 18.6 Å². The maximum Gasteiger partial charge on any atom is 0.416 e. The van der Waals surface area contributed by atoms with Gasteiger partial charge in [-0.1, -0.05) is 36.4 Å². The highest BCUT2D eigenvalue weighted by molar-refractivity contribution is 6.17. The monoisotopic (exact) mass is 482 g/mol. The van der Waals surface area contributed by atoms with Gasteiger partial charge in [-0.15, -0.1) is 21.8 Å². The molecule has 0 unspecified atom stereocenters. The lowest BCUT2D eigenvalue weighted by Gasteiger charge is -2.18. The van der Waals surface area contributed by atoms with E-state index in [1.54, 1.807) is 29.1 Å². The standard InChI is InChI=1S/C25H18ClF3N4O/c1-32-14-30-31-23(32)19-8-3-2-7-18(19)16-5-4-6-17(11-16)33-13-21-20(24(33)34)9-15(12-26)10-22(21)25(27,28)29/h2-11,14H,12-13H2,1H3. The second-order valence-electron chi connectivity index (χ2n) is 8.05. The number of nitrogens with zero attached hydrogens (tertiary/aromatic N) is 4. The van der Waals surface area contributed by atoms with E-state index in [9.17, 15) is 18.0 Å². The molecule has 1 aromatic heterocycles. The lowest BCUT2D eigenvalue weighted by atomic mass is 9.98. The van der Waals surface area contributed by atoms with Crippen molar-refractivity contribution < 1.29 is 18.0 Å². The number of amides is 1. The number of rotatable bonds is 4. The molecule has 2 heterocycles. The molecule has 0 radical (unpaired) electrons. The van der Waals surface area contributed by atoms with Crippen LogP contribution in [0.1, 0.15) is 27.0 Å². The first-order valence-corrected chi connectivity index (χ1v) is 11.0. The van der Waals surface area contributed by atoms with E-state index in [1.807, 2.05) is 37.4 Å². The molecule has 1 aliphatic rings. The van der Waals surface area contributed by atoms with E-state index in [2.05, 4.69) is 10.2 Å². The first-order valence-electron chi connectivity index (χ1n) is 10.4. The van der Waals surface area contributed by atoms with Crippen molar-refractivity contribution in [1.82, 2.24) is 14.8 Å². The second kappa shape index (κ2) is 8.29. The van der Waals surface area contributed by atoms with E-state index < -0.39 is 17.6 Å². The summed E-state index contributed by atoms with van der Waals surface area (Å²) in [7, 11) is 1.84. The third kappa shape index (κ3) is 3.74. The van der Waals surface area contributed by atoms with Gasteiger partial charge in [0, 0.05) is 29.7 Å². The van der Waals surface area contributed by atoms with Crippen LogP contribution in [0.3, 0.4) is 0 Å². The maximum atomic E-state index is 13.7. The molecule has 172 valence electrons. The first kappa shape index (κ1) is 22.2. The van der Waals surface area contributed by atoms with Gasteiger partial charge >= 0.3 is 6.18 Å². The Bertz CT molecular complexity index is 1410. The van der Waals surface area contributed by atoms with Crippen molar-refractivity contribution in [2.75, 3.05) is 4.90 Å². The Labute approximate surface area is 198 Å². The Balaban J connectivity index is 1.57. The third-order valence-electron chi connectivity index (χ3n) is 5.91. The Morgan fingerprint density at radius 1 is 1.00 bits per heavy atom. The van der Waals surface area contributed by atoms with E-state index in [4.69, 9.17) is 11.6 Å². The number of aryl methyl sites for hydroxylation is 1. The summed E-state index contributed by atoms with van der Waals surface area (Å²) in [5, 5.41) is 8.14. The van der Waals surface area contributed by atoms with Gasteiger partial charge in [0.05, 0.1) is 12.1 Å². The number of carbonyl (C=O) groups is 1. The van der Waals surface area contributed by atoms with E-state index in [0.29, 0.717) is 11.5 Å². The molecule has 0 bridgehead atoms. The van der Waals surface area contributed by atoms with Crippen LogP contribution in [-0.4, -0.2) is 20.7 Å². The molecule has 0 saturated heterocycles. The molecule has 1 aliphatic heterocycles. The molecule has 5 rings (SSSR count). The number of carbonyl (C=O) groups excluding carboxylic acids is 1. The largest absolute Gasteiger partial charge is 0.416 e. The SMILES string of the molecule is Cn1cnnc1-c1ccccc1-c1cccc(N2Cc3c(cc(CCl)cc3C(F)(F)F)C2=O)c1. The summed E-state index contributed by atoms with van der Waals surface area (Å²) in [5.74, 6) is 0.0816. The van der Waals surface area contributed by atoms with Gasteiger partial charge in [0.2, 0.25) is 0 Å². The van der Waals surface area contributed by atoms with Gasteiger partial charge in [0.25, 0.3) is 5.91 Å². The van der Waals surface area contributed by atoms with E-state index in [-0.39, 0.29) is 29.1 Å². The Kier molecular flexibility index (Phi) is 5.40. The van der Waals surface area contributed by atoms with Gasteiger partial charge in [-0.3, -0.25) is 4.79 Å². The minimum absolute atomic E-state index is 0.0312. The number of benzene rings is 3. The van der Waals surface area contributed by atoms with Crippen LogP contribution in [0.4, 0.5) is 18.9 Å². The van der Waals surface area contributed by atoms with Gasteiger partial charge in [-0.25, -0.2) is 0 Å². The van der Waals surface area contributed by atoms with E-state index in [1.165, 1.54) is 11.0 Å². The maximum absolute atomic E-state index is 13.7. The Hall–Kier alpha value is -3.65. The number of alkyl halides is 4. The highest BCUT2D eigenvalue weighted by Gasteiger charge is 2.40. The van der Waals surface area contributed by atoms with Crippen LogP contribution in [0.2, 0.25) is 0 Å². The zero-order valence-corrected chi connectivity index (χ0v) is 18.7. The lowest BCUT2D eigenvalue weighted by molar-refractivity contribution is -0.138. The molecular weight excluding hydrogens is 465 g/mol. The van der Waals surface area contributed by atoms with Crippen LogP contribution in [0.25, 0.3) is 22.5 Å². The van der Waals surface area contributed by atoms with Crippen molar-refractivity contribution in [3.63, 3.8) is 0 Å². The highest BCUT2D eigenvalue weighted by Crippen LogP contribution is 2.40. The molecule has 9 heteroatoms. The van der Waals surface area contributed by atoms with Crippen molar-refractivity contribution in [2.24, 2.45) is 7.05 Å². The minimum Gasteiger partial charge on any atom is -0.317 e. The Morgan fingerprint density at radius 3 is 2.44 bits per heavy atom. The fourth-order valence-corrected chi connectivity index (χ4v) is 4.46. The van der Waals surface area contributed by atoms with E-state index >= 15 is 0 Å². The fourth-order valence-electron chi connectivity index (χ4n) is 4.31.